The molecular formula is C19H17ClO3. The van der Waals surface area contributed by atoms with Crippen molar-refractivity contribution in [3.05, 3.63) is 52.8 Å². The molecule has 1 aromatic carbocycles. The first kappa shape index (κ1) is 15.8. The Bertz CT molecular complexity index is 772. The summed E-state index contributed by atoms with van der Waals surface area (Å²) >= 11 is 5.87. The number of benzene rings is 1. The third-order valence-corrected chi connectivity index (χ3v) is 4.17. The van der Waals surface area contributed by atoms with Gasteiger partial charge in [0.15, 0.2) is 11.6 Å². The Morgan fingerprint density at radius 2 is 1.61 bits per heavy atom. The summed E-state index contributed by atoms with van der Waals surface area (Å²) in [7, 11) is 0. The Morgan fingerprint density at radius 1 is 1.00 bits per heavy atom. The van der Waals surface area contributed by atoms with Gasteiger partial charge in [-0.3, -0.25) is 9.59 Å². The molecule has 1 heterocycles. The molecule has 1 saturated carbocycles. The molecule has 3 rings (SSSR count). The molecule has 0 saturated heterocycles. The van der Waals surface area contributed by atoms with Crippen LogP contribution in [0.2, 0.25) is 5.02 Å². The third-order valence-electron chi connectivity index (χ3n) is 3.92. The zero-order valence-electron chi connectivity index (χ0n) is 13.1. The average Bonchev–Trinajstić information content (AvgIpc) is 2.91. The van der Waals surface area contributed by atoms with Crippen LogP contribution in [-0.2, 0) is 9.59 Å². The summed E-state index contributed by atoms with van der Waals surface area (Å²) in [5.41, 5.74) is 0.867. The van der Waals surface area contributed by atoms with Crippen LogP contribution in [0.5, 0.6) is 0 Å². The van der Waals surface area contributed by atoms with E-state index in [1.165, 1.54) is 0 Å². The van der Waals surface area contributed by atoms with Crippen molar-refractivity contribution in [1.29, 1.82) is 0 Å². The largest absolute Gasteiger partial charge is 0.457 e. The van der Waals surface area contributed by atoms with E-state index in [1.54, 1.807) is 24.3 Å². The number of Topliss-reactive ketones (excluding diaryl/α,β-unsaturated/α-hetero) is 2. The minimum Gasteiger partial charge on any atom is -0.457 e. The number of hydrogen-bond acceptors (Lipinski definition) is 3. The maximum Gasteiger partial charge on any atom is 0.167 e. The fraction of sp³-hybridized carbons (Fsp3) is 0.263. The second-order valence-corrected chi connectivity index (χ2v) is 7.07. The Hall–Kier alpha value is -2.13. The van der Waals surface area contributed by atoms with E-state index in [0.717, 1.165) is 5.56 Å². The molecule has 0 amide bonds. The average molecular weight is 329 g/mol. The van der Waals surface area contributed by atoms with E-state index in [-0.39, 0.29) is 22.6 Å². The van der Waals surface area contributed by atoms with Gasteiger partial charge in [-0.25, -0.2) is 0 Å². The van der Waals surface area contributed by atoms with Crippen molar-refractivity contribution in [3.63, 3.8) is 0 Å². The topological polar surface area (TPSA) is 47.3 Å². The summed E-state index contributed by atoms with van der Waals surface area (Å²) in [4.78, 5) is 24.4. The molecule has 118 valence electrons. The highest BCUT2D eigenvalue weighted by Gasteiger charge is 2.35. The predicted octanol–water partition coefficient (Wildman–Crippen LogP) is 4.94. The molecule has 0 unspecified atom stereocenters. The number of carbonyl (C=O) groups is 2. The standard InChI is InChI=1S/C19H17ClO3/c1-19(2)10-16(21)15(17(22)11-19)9-14-7-8-18(23-14)12-3-5-13(20)6-4-12/h3-9H,10-11H2,1-2H3. The molecule has 4 heteroatoms. The van der Waals surface area contributed by atoms with Crippen molar-refractivity contribution in [2.75, 3.05) is 0 Å². The summed E-state index contributed by atoms with van der Waals surface area (Å²) < 4.78 is 5.74. The molecule has 1 fully saturated rings. The Balaban J connectivity index is 1.87. The molecule has 0 atom stereocenters. The molecule has 1 aliphatic carbocycles. The third kappa shape index (κ3) is 3.45. The molecule has 0 bridgehead atoms. The lowest BCUT2D eigenvalue weighted by Gasteiger charge is -2.28. The van der Waals surface area contributed by atoms with E-state index >= 15 is 0 Å². The van der Waals surface area contributed by atoms with E-state index in [9.17, 15) is 9.59 Å². The Morgan fingerprint density at radius 3 is 2.22 bits per heavy atom. The van der Waals surface area contributed by atoms with E-state index in [4.69, 9.17) is 16.0 Å². The van der Waals surface area contributed by atoms with Crippen LogP contribution in [0.15, 0.2) is 46.4 Å². The van der Waals surface area contributed by atoms with Gasteiger partial charge in [0, 0.05) is 23.4 Å². The molecule has 2 aromatic rings. The van der Waals surface area contributed by atoms with E-state index in [2.05, 4.69) is 0 Å². The minimum absolute atomic E-state index is 0.115. The van der Waals surface area contributed by atoms with Crippen LogP contribution in [-0.4, -0.2) is 11.6 Å². The first-order valence-electron chi connectivity index (χ1n) is 7.48. The molecule has 0 N–H and O–H groups in total. The second kappa shape index (κ2) is 5.82. The lowest BCUT2D eigenvalue weighted by Crippen LogP contribution is -2.31. The Labute approximate surface area is 139 Å². The van der Waals surface area contributed by atoms with Gasteiger partial charge < -0.3 is 4.42 Å². The smallest absolute Gasteiger partial charge is 0.167 e. The summed E-state index contributed by atoms with van der Waals surface area (Å²) in [6.07, 6.45) is 2.32. The van der Waals surface area contributed by atoms with Crippen molar-refractivity contribution < 1.29 is 14.0 Å². The fourth-order valence-electron chi connectivity index (χ4n) is 2.78. The monoisotopic (exact) mass is 328 g/mol. The molecular weight excluding hydrogens is 312 g/mol. The van der Waals surface area contributed by atoms with Crippen LogP contribution in [0.1, 0.15) is 32.4 Å². The predicted molar refractivity (Wildman–Crippen MR) is 90.2 cm³/mol. The number of ketones is 2. The number of hydrogen-bond donors (Lipinski definition) is 0. The van der Waals surface area contributed by atoms with Crippen molar-refractivity contribution in [2.24, 2.45) is 5.41 Å². The quantitative estimate of drug-likeness (QED) is 0.579. The molecule has 23 heavy (non-hydrogen) atoms. The summed E-state index contributed by atoms with van der Waals surface area (Å²) in [6.45, 7) is 3.87. The number of halogens is 1. The first-order valence-corrected chi connectivity index (χ1v) is 7.86. The van der Waals surface area contributed by atoms with Crippen LogP contribution in [0.25, 0.3) is 17.4 Å². The molecule has 0 radical (unpaired) electrons. The summed E-state index contributed by atoms with van der Waals surface area (Å²) in [6, 6.07) is 10.9. The van der Waals surface area contributed by atoms with E-state index in [1.807, 2.05) is 32.0 Å². The normalized spacial score (nSPS) is 17.4. The molecule has 0 aliphatic heterocycles. The number of rotatable bonds is 2. The van der Waals surface area contributed by atoms with Gasteiger partial charge in [-0.05, 0) is 47.9 Å². The van der Waals surface area contributed by atoms with Gasteiger partial charge in [-0.1, -0.05) is 25.4 Å². The van der Waals surface area contributed by atoms with Gasteiger partial charge in [-0.15, -0.1) is 0 Å². The highest BCUT2D eigenvalue weighted by atomic mass is 35.5. The van der Waals surface area contributed by atoms with Crippen molar-refractivity contribution in [3.8, 4) is 11.3 Å². The maximum absolute atomic E-state index is 12.2. The lowest BCUT2D eigenvalue weighted by atomic mass is 9.74. The minimum atomic E-state index is -0.261. The van der Waals surface area contributed by atoms with Crippen LogP contribution >= 0.6 is 11.6 Å². The van der Waals surface area contributed by atoms with Gasteiger partial charge in [-0.2, -0.15) is 0 Å². The highest BCUT2D eigenvalue weighted by Crippen LogP contribution is 2.34. The number of carbonyl (C=O) groups excluding carboxylic acids is 2. The molecule has 3 nitrogen and oxygen atoms in total. The van der Waals surface area contributed by atoms with Crippen molar-refractivity contribution in [1.82, 2.24) is 0 Å². The van der Waals surface area contributed by atoms with Crippen molar-refractivity contribution >= 4 is 29.2 Å². The fourth-order valence-corrected chi connectivity index (χ4v) is 2.91. The highest BCUT2D eigenvalue weighted by molar-refractivity contribution is 6.30. The second-order valence-electron chi connectivity index (χ2n) is 6.63. The SMILES string of the molecule is CC1(C)CC(=O)C(=Cc2ccc(-c3ccc(Cl)cc3)o2)C(=O)C1. The lowest BCUT2D eigenvalue weighted by molar-refractivity contribution is -0.127. The Kier molecular flexibility index (Phi) is 3.99. The van der Waals surface area contributed by atoms with Crippen molar-refractivity contribution in [2.45, 2.75) is 26.7 Å². The number of allylic oxidation sites excluding steroid dienone is 1. The summed E-state index contributed by atoms with van der Waals surface area (Å²) in [5, 5.41) is 0.656. The molecule has 0 spiro atoms. The summed E-state index contributed by atoms with van der Waals surface area (Å²) in [5.74, 6) is 0.947. The zero-order valence-corrected chi connectivity index (χ0v) is 13.8. The van der Waals surface area contributed by atoms with Gasteiger partial charge in [0.1, 0.15) is 11.5 Å². The van der Waals surface area contributed by atoms with Gasteiger partial charge in [0.05, 0.1) is 5.57 Å². The van der Waals surface area contributed by atoms with Crippen LogP contribution in [0, 0.1) is 5.41 Å². The molecule has 1 aliphatic rings. The van der Waals surface area contributed by atoms with E-state index < -0.39 is 0 Å². The first-order chi connectivity index (χ1) is 10.8. The number of furan rings is 1. The van der Waals surface area contributed by atoms with Crippen LogP contribution < -0.4 is 0 Å². The van der Waals surface area contributed by atoms with Gasteiger partial charge >= 0.3 is 0 Å². The van der Waals surface area contributed by atoms with Crippen LogP contribution in [0.3, 0.4) is 0 Å². The maximum atomic E-state index is 12.2. The van der Waals surface area contributed by atoms with Gasteiger partial charge in [0.2, 0.25) is 0 Å². The van der Waals surface area contributed by atoms with E-state index in [0.29, 0.717) is 29.4 Å². The molecule has 1 aromatic heterocycles. The van der Waals surface area contributed by atoms with Gasteiger partial charge in [0.25, 0.3) is 0 Å². The zero-order chi connectivity index (χ0) is 16.6. The van der Waals surface area contributed by atoms with Crippen LogP contribution in [0.4, 0.5) is 0 Å².